The Kier molecular flexibility index (Phi) is 5.37. The van der Waals surface area contributed by atoms with Crippen LogP contribution in [0.3, 0.4) is 0 Å². The Hall–Kier alpha value is -1.27. The summed E-state index contributed by atoms with van der Waals surface area (Å²) >= 11 is 0. The van der Waals surface area contributed by atoms with Crippen molar-refractivity contribution < 1.29 is 22.8 Å². The van der Waals surface area contributed by atoms with Crippen molar-refractivity contribution in [3.05, 3.63) is 0 Å². The fourth-order valence-corrected chi connectivity index (χ4v) is 11.3. The second-order valence-electron chi connectivity index (χ2n) is 14.7. The van der Waals surface area contributed by atoms with Crippen LogP contribution < -0.4 is 10.6 Å². The zero-order valence-corrected chi connectivity index (χ0v) is 21.3. The van der Waals surface area contributed by atoms with Crippen molar-refractivity contribution in [2.75, 3.05) is 0 Å². The molecule has 2 atom stereocenters. The number of hydrogen-bond donors (Lipinski definition) is 2. The molecule has 4 nitrogen and oxygen atoms in total. The Balaban J connectivity index is 1.05. The highest BCUT2D eigenvalue weighted by Gasteiger charge is 2.57. The maximum absolute atomic E-state index is 14.0. The molecule has 9 aliphatic rings. The summed E-state index contributed by atoms with van der Waals surface area (Å²) < 4.78 is 41.9. The van der Waals surface area contributed by atoms with E-state index in [1.807, 2.05) is 0 Å². The summed E-state index contributed by atoms with van der Waals surface area (Å²) in [5.74, 6) is 2.21. The molecule has 8 bridgehead atoms. The van der Waals surface area contributed by atoms with Gasteiger partial charge in [0.05, 0.1) is 5.92 Å². The highest BCUT2D eigenvalue weighted by atomic mass is 19.4. The zero-order chi connectivity index (χ0) is 24.9. The third kappa shape index (κ3) is 4.00. The number of carbonyl (C=O) groups is 2. The first-order chi connectivity index (χ1) is 17.1. The average molecular weight is 507 g/mol. The standard InChI is InChI=1S/C29H41F3N2O2/c30-29(31,32)22-7-23(33-25(35)27-10-16-1-17(11-27)3-18(2-16)12-27)9-24(8-22)34-26(36)28-13-19-4-20(14-28)6-21(5-19)15-28/h16-24H,1-15H2,(H,33,35)(H,34,36). The number of rotatable bonds is 4. The molecule has 0 radical (unpaired) electrons. The number of carbonyl (C=O) groups excluding carboxylic acids is 2. The molecule has 9 fully saturated rings. The number of hydrogen-bond acceptors (Lipinski definition) is 2. The monoisotopic (exact) mass is 506 g/mol. The number of alkyl halides is 3. The summed E-state index contributed by atoms with van der Waals surface area (Å²) in [6.07, 6.45) is 8.79. The van der Waals surface area contributed by atoms with Gasteiger partial charge in [0.1, 0.15) is 0 Å². The Morgan fingerprint density at radius 2 is 0.833 bits per heavy atom. The first kappa shape index (κ1) is 23.8. The van der Waals surface area contributed by atoms with E-state index in [9.17, 15) is 22.8 Å². The SMILES string of the molecule is O=C(NC1CC(NC(=O)C23CC4CC(CC(C4)C2)C3)CC(C(F)(F)F)C1)C12CC3CC(CC(C3)C1)C2. The highest BCUT2D eigenvalue weighted by Crippen LogP contribution is 2.61. The average Bonchev–Trinajstić information content (AvgIpc) is 2.76. The smallest absolute Gasteiger partial charge is 0.353 e. The summed E-state index contributed by atoms with van der Waals surface area (Å²) in [7, 11) is 0. The van der Waals surface area contributed by atoms with E-state index in [0.29, 0.717) is 41.9 Å². The van der Waals surface area contributed by atoms with Crippen molar-refractivity contribution in [2.24, 2.45) is 52.3 Å². The van der Waals surface area contributed by atoms with E-state index < -0.39 is 24.2 Å². The molecule has 9 aliphatic carbocycles. The zero-order valence-electron chi connectivity index (χ0n) is 21.3. The van der Waals surface area contributed by atoms with Crippen LogP contribution in [0, 0.1) is 52.3 Å². The van der Waals surface area contributed by atoms with Crippen molar-refractivity contribution in [3.63, 3.8) is 0 Å². The van der Waals surface area contributed by atoms with Crippen LogP contribution in [0.4, 0.5) is 13.2 Å². The molecule has 0 aromatic heterocycles. The Morgan fingerprint density at radius 3 is 1.11 bits per heavy atom. The van der Waals surface area contributed by atoms with Crippen molar-refractivity contribution in [1.82, 2.24) is 10.6 Å². The fourth-order valence-electron chi connectivity index (χ4n) is 11.3. The Morgan fingerprint density at radius 1 is 0.528 bits per heavy atom. The molecule has 0 saturated heterocycles. The molecular formula is C29H41F3N2O2. The van der Waals surface area contributed by atoms with Crippen LogP contribution in [0.15, 0.2) is 0 Å². The number of amides is 2. The molecule has 2 N–H and O–H groups in total. The molecule has 7 heteroatoms. The predicted molar refractivity (Wildman–Crippen MR) is 128 cm³/mol. The van der Waals surface area contributed by atoms with E-state index in [1.54, 1.807) is 0 Å². The molecule has 0 heterocycles. The first-order valence-electron chi connectivity index (χ1n) is 14.8. The Labute approximate surface area is 212 Å². The van der Waals surface area contributed by atoms with Gasteiger partial charge in [-0.1, -0.05) is 0 Å². The molecule has 0 aromatic rings. The molecule has 0 spiro atoms. The molecule has 9 saturated carbocycles. The van der Waals surface area contributed by atoms with Crippen molar-refractivity contribution in [2.45, 2.75) is 115 Å². The summed E-state index contributed by atoms with van der Waals surface area (Å²) in [6, 6.07) is -1.04. The van der Waals surface area contributed by atoms with E-state index in [1.165, 1.54) is 38.5 Å². The molecular weight excluding hydrogens is 465 g/mol. The van der Waals surface area contributed by atoms with Crippen molar-refractivity contribution in [1.29, 1.82) is 0 Å². The molecule has 200 valence electrons. The van der Waals surface area contributed by atoms with Gasteiger partial charge in [-0.2, -0.15) is 13.2 Å². The van der Waals surface area contributed by atoms with Crippen LogP contribution in [0.1, 0.15) is 96.3 Å². The number of halogens is 3. The van der Waals surface area contributed by atoms with Gasteiger partial charge in [0.2, 0.25) is 11.8 Å². The first-order valence-corrected chi connectivity index (χ1v) is 14.8. The fraction of sp³-hybridized carbons (Fsp3) is 0.931. The summed E-state index contributed by atoms with van der Waals surface area (Å²) in [5, 5.41) is 6.25. The minimum atomic E-state index is -4.31. The lowest BCUT2D eigenvalue weighted by Gasteiger charge is -2.56. The molecule has 9 rings (SSSR count). The normalized spacial score (nSPS) is 50.8. The third-order valence-corrected chi connectivity index (χ3v) is 11.9. The lowest BCUT2D eigenvalue weighted by Crippen LogP contribution is -2.59. The van der Waals surface area contributed by atoms with Crippen LogP contribution in [0.5, 0.6) is 0 Å². The van der Waals surface area contributed by atoms with Gasteiger partial charge < -0.3 is 10.6 Å². The van der Waals surface area contributed by atoms with E-state index in [0.717, 1.165) is 38.5 Å². The second kappa shape index (κ2) is 8.11. The minimum Gasteiger partial charge on any atom is -0.353 e. The number of nitrogens with one attached hydrogen (secondary N) is 2. The van der Waals surface area contributed by atoms with E-state index in [-0.39, 0.29) is 35.5 Å². The highest BCUT2D eigenvalue weighted by molar-refractivity contribution is 5.84. The van der Waals surface area contributed by atoms with Gasteiger partial charge in [-0.15, -0.1) is 0 Å². The Bertz CT molecular complexity index is 793. The van der Waals surface area contributed by atoms with Crippen molar-refractivity contribution in [3.8, 4) is 0 Å². The quantitative estimate of drug-likeness (QED) is 0.510. The topological polar surface area (TPSA) is 58.2 Å². The van der Waals surface area contributed by atoms with E-state index in [4.69, 9.17) is 0 Å². The van der Waals surface area contributed by atoms with Gasteiger partial charge in [-0.25, -0.2) is 0 Å². The maximum Gasteiger partial charge on any atom is 0.391 e. The summed E-state index contributed by atoms with van der Waals surface area (Å²) in [5.41, 5.74) is -0.726. The van der Waals surface area contributed by atoms with Gasteiger partial charge in [0.25, 0.3) is 0 Å². The molecule has 2 unspecified atom stereocenters. The summed E-state index contributed by atoms with van der Waals surface area (Å²) in [6.45, 7) is 0. The van der Waals surface area contributed by atoms with Crippen molar-refractivity contribution >= 4 is 11.8 Å². The van der Waals surface area contributed by atoms with Gasteiger partial charge >= 0.3 is 6.18 Å². The molecule has 2 amide bonds. The second-order valence-corrected chi connectivity index (χ2v) is 14.7. The summed E-state index contributed by atoms with van der Waals surface area (Å²) in [4.78, 5) is 27.2. The third-order valence-electron chi connectivity index (χ3n) is 11.9. The van der Waals surface area contributed by atoms with Crippen LogP contribution in [0.25, 0.3) is 0 Å². The lowest BCUT2D eigenvalue weighted by atomic mass is 9.49. The maximum atomic E-state index is 14.0. The van der Waals surface area contributed by atoms with Crippen LogP contribution in [0.2, 0.25) is 0 Å². The van der Waals surface area contributed by atoms with E-state index >= 15 is 0 Å². The van der Waals surface area contributed by atoms with Crippen LogP contribution in [-0.4, -0.2) is 30.1 Å². The minimum absolute atomic E-state index is 0.000542. The largest absolute Gasteiger partial charge is 0.391 e. The lowest BCUT2D eigenvalue weighted by molar-refractivity contribution is -0.187. The van der Waals surface area contributed by atoms with Crippen LogP contribution in [-0.2, 0) is 9.59 Å². The van der Waals surface area contributed by atoms with Gasteiger partial charge in [0, 0.05) is 22.9 Å². The van der Waals surface area contributed by atoms with E-state index in [2.05, 4.69) is 10.6 Å². The van der Waals surface area contributed by atoms with Gasteiger partial charge in [-0.05, 0) is 132 Å². The molecule has 36 heavy (non-hydrogen) atoms. The predicted octanol–water partition coefficient (Wildman–Crippen LogP) is 5.75. The molecule has 0 aliphatic heterocycles. The van der Waals surface area contributed by atoms with Gasteiger partial charge in [-0.3, -0.25) is 9.59 Å². The van der Waals surface area contributed by atoms with Gasteiger partial charge in [0.15, 0.2) is 0 Å². The van der Waals surface area contributed by atoms with Crippen LogP contribution >= 0.6 is 0 Å². The molecule has 0 aromatic carbocycles.